The molecule has 13 heteroatoms. The van der Waals surface area contributed by atoms with Crippen LogP contribution in [0.15, 0.2) is 12.1 Å². The lowest BCUT2D eigenvalue weighted by molar-refractivity contribution is 0.0490. The van der Waals surface area contributed by atoms with E-state index in [0.29, 0.717) is 43.6 Å². The second-order valence-corrected chi connectivity index (χ2v) is 10.3. The molecule has 2 saturated heterocycles. The third kappa shape index (κ3) is 6.12. The number of aryl methyl sites for hydroxylation is 1. The van der Waals surface area contributed by atoms with Gasteiger partial charge in [-0.05, 0) is 38.3 Å². The van der Waals surface area contributed by atoms with E-state index in [-0.39, 0.29) is 46.9 Å². The van der Waals surface area contributed by atoms with Crippen molar-refractivity contribution in [2.75, 3.05) is 56.5 Å². The minimum Gasteiger partial charge on any atom is -0.395 e. The number of anilines is 2. The molecule has 2 aliphatic heterocycles. The van der Waals surface area contributed by atoms with Gasteiger partial charge >= 0.3 is 0 Å². The molecule has 11 nitrogen and oxygen atoms in total. The maximum absolute atomic E-state index is 13.0. The van der Waals surface area contributed by atoms with Crippen molar-refractivity contribution in [3.8, 4) is 0 Å². The SMILES string of the molecule is CC[C@H]1CN(c2nc(N)c(C(=O)NCCO)nc2Cl)CCN1C1CCN(C(=O)c2ccc(C)nc2Cl)CC1. The monoisotopic (exact) mass is 564 g/mol. The van der Waals surface area contributed by atoms with E-state index in [4.69, 9.17) is 34.0 Å². The van der Waals surface area contributed by atoms with E-state index in [2.05, 4.69) is 37.0 Å². The zero-order valence-corrected chi connectivity index (χ0v) is 23.2. The molecule has 4 N–H and O–H groups in total. The maximum atomic E-state index is 13.0. The lowest BCUT2D eigenvalue weighted by Crippen LogP contribution is -2.58. The fraction of sp³-hybridized carbons (Fsp3) is 0.560. The molecule has 0 radical (unpaired) electrons. The molecule has 1 atom stereocenters. The second kappa shape index (κ2) is 12.4. The molecule has 4 heterocycles. The summed E-state index contributed by atoms with van der Waals surface area (Å²) in [7, 11) is 0. The molecule has 206 valence electrons. The summed E-state index contributed by atoms with van der Waals surface area (Å²) < 4.78 is 0. The molecule has 0 bridgehead atoms. The second-order valence-electron chi connectivity index (χ2n) is 9.61. The van der Waals surface area contributed by atoms with Crippen LogP contribution in [-0.2, 0) is 0 Å². The summed E-state index contributed by atoms with van der Waals surface area (Å²) in [6.45, 7) is 7.42. The third-order valence-corrected chi connectivity index (χ3v) is 7.76. The molecular weight excluding hydrogens is 531 g/mol. The largest absolute Gasteiger partial charge is 0.395 e. The molecule has 38 heavy (non-hydrogen) atoms. The maximum Gasteiger partial charge on any atom is 0.273 e. The number of nitrogens with two attached hydrogens (primary N) is 1. The van der Waals surface area contributed by atoms with E-state index in [0.717, 1.165) is 31.5 Å². The molecule has 2 aromatic heterocycles. The quantitative estimate of drug-likeness (QED) is 0.430. The molecule has 2 amide bonds. The number of carbonyl (C=O) groups excluding carboxylic acids is 2. The third-order valence-electron chi connectivity index (χ3n) is 7.21. The Kier molecular flexibility index (Phi) is 9.24. The van der Waals surface area contributed by atoms with E-state index in [1.165, 1.54) is 0 Å². The fourth-order valence-corrected chi connectivity index (χ4v) is 5.72. The molecule has 0 spiro atoms. The van der Waals surface area contributed by atoms with Gasteiger partial charge in [0.25, 0.3) is 11.8 Å². The van der Waals surface area contributed by atoms with Crippen LogP contribution < -0.4 is 16.0 Å². The Balaban J connectivity index is 1.38. The van der Waals surface area contributed by atoms with E-state index in [1.807, 2.05) is 11.8 Å². The average molecular weight is 566 g/mol. The fourth-order valence-electron chi connectivity index (χ4n) is 5.20. The first-order valence-electron chi connectivity index (χ1n) is 12.9. The normalized spacial score (nSPS) is 19.0. The van der Waals surface area contributed by atoms with Crippen molar-refractivity contribution in [1.29, 1.82) is 0 Å². The number of aliphatic hydroxyl groups excluding tert-OH is 1. The molecule has 4 rings (SSSR count). The van der Waals surface area contributed by atoms with Gasteiger partial charge in [0.15, 0.2) is 22.5 Å². The molecular formula is C25H34Cl2N8O3. The Bertz CT molecular complexity index is 1180. The lowest BCUT2D eigenvalue weighted by atomic mass is 9.97. The van der Waals surface area contributed by atoms with Crippen molar-refractivity contribution < 1.29 is 14.7 Å². The van der Waals surface area contributed by atoms with Gasteiger partial charge in [0, 0.05) is 57.0 Å². The summed E-state index contributed by atoms with van der Waals surface area (Å²) in [5.41, 5.74) is 7.22. The number of amides is 2. The Hall–Kier alpha value is -2.73. The van der Waals surface area contributed by atoms with Crippen LogP contribution in [-0.4, -0.2) is 99.6 Å². The number of likely N-dealkylation sites (tertiary alicyclic amines) is 1. The van der Waals surface area contributed by atoms with Crippen molar-refractivity contribution in [3.05, 3.63) is 39.4 Å². The number of halogens is 2. The highest BCUT2D eigenvalue weighted by Gasteiger charge is 2.35. The zero-order chi connectivity index (χ0) is 27.4. The van der Waals surface area contributed by atoms with Gasteiger partial charge in [-0.1, -0.05) is 30.1 Å². The van der Waals surface area contributed by atoms with E-state index >= 15 is 0 Å². The van der Waals surface area contributed by atoms with Gasteiger partial charge in [0.1, 0.15) is 5.15 Å². The van der Waals surface area contributed by atoms with Crippen molar-refractivity contribution in [2.24, 2.45) is 0 Å². The number of aromatic nitrogens is 3. The predicted octanol–water partition coefficient (Wildman–Crippen LogP) is 2.00. The van der Waals surface area contributed by atoms with E-state index < -0.39 is 5.91 Å². The number of nitrogens with one attached hydrogen (secondary N) is 1. The predicted molar refractivity (Wildman–Crippen MR) is 147 cm³/mol. The van der Waals surface area contributed by atoms with Gasteiger partial charge in [-0.15, -0.1) is 0 Å². The van der Waals surface area contributed by atoms with Gasteiger partial charge in [-0.2, -0.15) is 0 Å². The molecule has 2 aromatic rings. The van der Waals surface area contributed by atoms with Crippen LogP contribution in [0.5, 0.6) is 0 Å². The van der Waals surface area contributed by atoms with Crippen molar-refractivity contribution in [2.45, 2.75) is 45.2 Å². The lowest BCUT2D eigenvalue weighted by Gasteiger charge is -2.47. The van der Waals surface area contributed by atoms with Crippen molar-refractivity contribution in [1.82, 2.24) is 30.1 Å². The smallest absolute Gasteiger partial charge is 0.273 e. The number of nitrogens with zero attached hydrogens (tertiary/aromatic N) is 6. The van der Waals surface area contributed by atoms with Crippen LogP contribution in [0.4, 0.5) is 11.6 Å². The van der Waals surface area contributed by atoms with Crippen LogP contribution in [0.2, 0.25) is 10.3 Å². The molecule has 2 aliphatic rings. The number of carbonyl (C=O) groups is 2. The minimum absolute atomic E-state index is 0.00348. The van der Waals surface area contributed by atoms with Gasteiger partial charge in [-0.3, -0.25) is 14.5 Å². The summed E-state index contributed by atoms with van der Waals surface area (Å²) in [5, 5.41) is 11.8. The Morgan fingerprint density at radius 3 is 2.50 bits per heavy atom. The Morgan fingerprint density at radius 1 is 1.11 bits per heavy atom. The van der Waals surface area contributed by atoms with Gasteiger partial charge < -0.3 is 26.0 Å². The minimum atomic E-state index is -0.528. The summed E-state index contributed by atoms with van der Waals surface area (Å²) in [6, 6.07) is 4.18. The highest BCUT2D eigenvalue weighted by molar-refractivity contribution is 6.32. The number of piperidine rings is 1. The standard InChI is InChI=1S/C25H34Cl2N8O3/c1-3-16-14-34(23-21(27)31-19(22(28)32-23)24(37)29-8-13-36)11-12-35(16)17-6-9-33(10-7-17)25(38)18-5-4-15(2)30-20(18)26/h4-5,16-17,36H,3,6-14H2,1-2H3,(H2,28,32)(H,29,37)/t16-/m0/s1. The number of pyridine rings is 1. The van der Waals surface area contributed by atoms with Gasteiger partial charge in [0.2, 0.25) is 0 Å². The first-order chi connectivity index (χ1) is 18.2. The molecule has 0 unspecified atom stereocenters. The van der Waals surface area contributed by atoms with E-state index in [9.17, 15) is 9.59 Å². The van der Waals surface area contributed by atoms with E-state index in [1.54, 1.807) is 12.1 Å². The first-order valence-corrected chi connectivity index (χ1v) is 13.6. The highest BCUT2D eigenvalue weighted by atomic mass is 35.5. The number of rotatable bonds is 7. The number of hydrogen-bond acceptors (Lipinski definition) is 9. The number of nitrogen functional groups attached to an aromatic ring is 1. The van der Waals surface area contributed by atoms with Crippen LogP contribution >= 0.6 is 23.2 Å². The highest BCUT2D eigenvalue weighted by Crippen LogP contribution is 2.30. The van der Waals surface area contributed by atoms with Crippen LogP contribution in [0.3, 0.4) is 0 Å². The van der Waals surface area contributed by atoms with Gasteiger partial charge in [-0.25, -0.2) is 15.0 Å². The van der Waals surface area contributed by atoms with Crippen LogP contribution in [0, 0.1) is 6.92 Å². The molecule has 2 fully saturated rings. The number of aliphatic hydroxyl groups is 1. The number of piperazine rings is 1. The summed E-state index contributed by atoms with van der Waals surface area (Å²) >= 11 is 12.7. The molecule has 0 aromatic carbocycles. The molecule has 0 aliphatic carbocycles. The molecule has 0 saturated carbocycles. The number of hydrogen-bond donors (Lipinski definition) is 3. The average Bonchev–Trinajstić information content (AvgIpc) is 2.92. The van der Waals surface area contributed by atoms with Crippen molar-refractivity contribution in [3.63, 3.8) is 0 Å². The zero-order valence-electron chi connectivity index (χ0n) is 21.7. The Morgan fingerprint density at radius 2 is 1.84 bits per heavy atom. The summed E-state index contributed by atoms with van der Waals surface area (Å²) in [4.78, 5) is 44.5. The first kappa shape index (κ1) is 28.3. The van der Waals surface area contributed by atoms with Crippen molar-refractivity contribution >= 4 is 46.7 Å². The summed E-state index contributed by atoms with van der Waals surface area (Å²) in [6.07, 6.45) is 2.69. The Labute approximate surface area is 232 Å². The van der Waals surface area contributed by atoms with Crippen LogP contribution in [0.1, 0.15) is 52.7 Å². The summed E-state index contributed by atoms with van der Waals surface area (Å²) in [5.74, 6) is -0.141. The van der Waals surface area contributed by atoms with Crippen LogP contribution in [0.25, 0.3) is 0 Å². The van der Waals surface area contributed by atoms with Gasteiger partial charge in [0.05, 0.1) is 12.2 Å². The topological polar surface area (TPSA) is 141 Å².